The van der Waals surface area contributed by atoms with E-state index in [1.165, 1.54) is 15.6 Å². The molecule has 7 heteroatoms. The van der Waals surface area contributed by atoms with Gasteiger partial charge in [0.15, 0.2) is 5.65 Å². The molecule has 0 amide bonds. The van der Waals surface area contributed by atoms with Crippen molar-refractivity contribution in [3.8, 4) is 0 Å². The number of fused-ring (bicyclic) bond motifs is 2. The van der Waals surface area contributed by atoms with E-state index in [1.54, 1.807) is 22.2 Å². The Balaban J connectivity index is 1.61. The van der Waals surface area contributed by atoms with Crippen LogP contribution < -0.4 is 11.1 Å². The predicted octanol–water partition coefficient (Wildman–Crippen LogP) is 2.77. The van der Waals surface area contributed by atoms with Crippen LogP contribution in [0.3, 0.4) is 0 Å². The van der Waals surface area contributed by atoms with Gasteiger partial charge in [0, 0.05) is 18.3 Å². The molecule has 4 aromatic rings. The summed E-state index contributed by atoms with van der Waals surface area (Å²) in [6.45, 7) is 0.647. The molecule has 3 heterocycles. The fourth-order valence-electron chi connectivity index (χ4n) is 2.43. The maximum atomic E-state index is 5.96. The Labute approximate surface area is 130 Å². The van der Waals surface area contributed by atoms with Gasteiger partial charge in [-0.05, 0) is 34.5 Å². The molecule has 0 aliphatic carbocycles. The van der Waals surface area contributed by atoms with Gasteiger partial charge < -0.3 is 11.1 Å². The maximum Gasteiger partial charge on any atom is 0.226 e. The number of nitrogens with two attached hydrogens (primary N) is 1. The van der Waals surface area contributed by atoms with Crippen molar-refractivity contribution in [2.75, 3.05) is 11.1 Å². The van der Waals surface area contributed by atoms with Crippen molar-refractivity contribution in [1.82, 2.24) is 19.7 Å². The number of benzene rings is 1. The molecule has 0 saturated carbocycles. The highest BCUT2D eigenvalue weighted by Gasteiger charge is 2.09. The number of rotatable bonds is 3. The van der Waals surface area contributed by atoms with Gasteiger partial charge in [0.25, 0.3) is 0 Å². The lowest BCUT2D eigenvalue weighted by Gasteiger charge is -2.07. The van der Waals surface area contributed by atoms with Crippen LogP contribution in [0, 0.1) is 0 Å². The van der Waals surface area contributed by atoms with Crippen molar-refractivity contribution < 1.29 is 0 Å². The number of hydrogen-bond donors (Lipinski definition) is 2. The Bertz CT molecular complexity index is 971. The van der Waals surface area contributed by atoms with E-state index in [2.05, 4.69) is 50.0 Å². The minimum Gasteiger partial charge on any atom is -0.383 e. The molecule has 0 fully saturated rings. The van der Waals surface area contributed by atoms with Crippen molar-refractivity contribution in [1.29, 1.82) is 0 Å². The van der Waals surface area contributed by atoms with Crippen LogP contribution in [0.5, 0.6) is 0 Å². The molecule has 0 atom stereocenters. The first kappa shape index (κ1) is 13.0. The minimum atomic E-state index is 0.439. The van der Waals surface area contributed by atoms with Crippen molar-refractivity contribution >= 4 is 44.2 Å². The summed E-state index contributed by atoms with van der Waals surface area (Å²) in [5.41, 5.74) is 7.86. The molecule has 0 radical (unpaired) electrons. The molecule has 1 aromatic carbocycles. The van der Waals surface area contributed by atoms with Gasteiger partial charge in [0.1, 0.15) is 5.82 Å². The van der Waals surface area contributed by atoms with E-state index in [0.717, 1.165) is 11.0 Å². The third-order valence-corrected chi connectivity index (χ3v) is 4.49. The molecule has 0 saturated heterocycles. The van der Waals surface area contributed by atoms with Crippen LogP contribution in [-0.2, 0) is 13.6 Å². The second kappa shape index (κ2) is 4.96. The molecular weight excluding hydrogens is 296 g/mol. The molecule has 0 bridgehead atoms. The monoisotopic (exact) mass is 310 g/mol. The normalized spacial score (nSPS) is 11.3. The zero-order valence-electron chi connectivity index (χ0n) is 11.9. The van der Waals surface area contributed by atoms with Gasteiger partial charge in [-0.1, -0.05) is 6.07 Å². The minimum absolute atomic E-state index is 0.439. The van der Waals surface area contributed by atoms with E-state index >= 15 is 0 Å². The second-order valence-electron chi connectivity index (χ2n) is 5.08. The Morgan fingerprint density at radius 1 is 1.27 bits per heavy atom. The van der Waals surface area contributed by atoms with Crippen LogP contribution >= 0.6 is 11.3 Å². The van der Waals surface area contributed by atoms with E-state index < -0.39 is 0 Å². The quantitative estimate of drug-likeness (QED) is 0.608. The lowest BCUT2D eigenvalue weighted by atomic mass is 10.2. The molecule has 3 aromatic heterocycles. The topological polar surface area (TPSA) is 81.7 Å². The van der Waals surface area contributed by atoms with Crippen LogP contribution in [0.4, 0.5) is 11.8 Å². The van der Waals surface area contributed by atoms with Gasteiger partial charge in [0.05, 0.1) is 11.6 Å². The van der Waals surface area contributed by atoms with E-state index in [4.69, 9.17) is 5.73 Å². The Kier molecular flexibility index (Phi) is 2.93. The Morgan fingerprint density at radius 3 is 3.09 bits per heavy atom. The molecular formula is C15H14N6S. The van der Waals surface area contributed by atoms with E-state index in [1.807, 2.05) is 7.05 Å². The van der Waals surface area contributed by atoms with Crippen LogP contribution in [0.15, 0.2) is 35.8 Å². The van der Waals surface area contributed by atoms with E-state index in [-0.39, 0.29) is 0 Å². The number of aromatic nitrogens is 4. The molecule has 0 spiro atoms. The van der Waals surface area contributed by atoms with Crippen molar-refractivity contribution in [3.63, 3.8) is 0 Å². The zero-order chi connectivity index (χ0) is 15.1. The van der Waals surface area contributed by atoms with Crippen LogP contribution in [0.1, 0.15) is 5.56 Å². The van der Waals surface area contributed by atoms with Gasteiger partial charge in [-0.2, -0.15) is 15.1 Å². The number of nitrogens with zero attached hydrogens (tertiary/aromatic N) is 4. The largest absolute Gasteiger partial charge is 0.383 e. The smallest absolute Gasteiger partial charge is 0.226 e. The Hall–Kier alpha value is -2.67. The van der Waals surface area contributed by atoms with Crippen molar-refractivity contribution in [2.24, 2.45) is 7.05 Å². The summed E-state index contributed by atoms with van der Waals surface area (Å²) in [6.07, 6.45) is 1.68. The summed E-state index contributed by atoms with van der Waals surface area (Å²) < 4.78 is 2.98. The fraction of sp³-hybridized carbons (Fsp3) is 0.133. The third kappa shape index (κ3) is 2.15. The van der Waals surface area contributed by atoms with E-state index in [0.29, 0.717) is 18.3 Å². The summed E-state index contributed by atoms with van der Waals surface area (Å²) in [4.78, 5) is 8.75. The number of nitrogens with one attached hydrogen (secondary N) is 1. The number of nitrogen functional groups attached to an aromatic ring is 1. The zero-order valence-corrected chi connectivity index (χ0v) is 12.8. The average Bonchev–Trinajstić information content (AvgIpc) is 3.12. The lowest BCUT2D eigenvalue weighted by molar-refractivity contribution is 0.785. The number of aryl methyl sites for hydroxylation is 1. The molecule has 22 heavy (non-hydrogen) atoms. The molecule has 3 N–H and O–H groups in total. The van der Waals surface area contributed by atoms with E-state index in [9.17, 15) is 0 Å². The summed E-state index contributed by atoms with van der Waals surface area (Å²) >= 11 is 1.75. The van der Waals surface area contributed by atoms with Crippen LogP contribution in [0.25, 0.3) is 21.1 Å². The van der Waals surface area contributed by atoms with Crippen molar-refractivity contribution in [3.05, 3.63) is 41.4 Å². The number of hydrogen-bond acceptors (Lipinski definition) is 6. The molecule has 0 aliphatic rings. The van der Waals surface area contributed by atoms with Crippen LogP contribution in [0.2, 0.25) is 0 Å². The SMILES string of the molecule is Cn1ncc2c(N)nc(NCc3ccc4sccc4c3)nc21. The second-order valence-corrected chi connectivity index (χ2v) is 6.03. The highest BCUT2D eigenvalue weighted by molar-refractivity contribution is 7.17. The summed E-state index contributed by atoms with van der Waals surface area (Å²) in [5.74, 6) is 0.952. The highest BCUT2D eigenvalue weighted by Crippen LogP contribution is 2.22. The summed E-state index contributed by atoms with van der Waals surface area (Å²) in [5, 5.41) is 11.5. The van der Waals surface area contributed by atoms with Gasteiger partial charge in [-0.3, -0.25) is 4.68 Å². The number of anilines is 2. The molecule has 6 nitrogen and oxygen atoms in total. The molecule has 0 unspecified atom stereocenters. The first-order valence-electron chi connectivity index (χ1n) is 6.86. The number of thiophene rings is 1. The van der Waals surface area contributed by atoms with Gasteiger partial charge in [-0.15, -0.1) is 11.3 Å². The average molecular weight is 310 g/mol. The summed E-state index contributed by atoms with van der Waals surface area (Å²) in [7, 11) is 1.84. The van der Waals surface area contributed by atoms with Crippen molar-refractivity contribution in [2.45, 2.75) is 6.54 Å². The van der Waals surface area contributed by atoms with Gasteiger partial charge in [0.2, 0.25) is 5.95 Å². The summed E-state index contributed by atoms with van der Waals surface area (Å²) in [6, 6.07) is 8.54. The molecule has 4 rings (SSSR count). The van der Waals surface area contributed by atoms with Crippen LogP contribution in [-0.4, -0.2) is 19.7 Å². The molecule has 110 valence electrons. The fourth-order valence-corrected chi connectivity index (χ4v) is 3.20. The Morgan fingerprint density at radius 2 is 2.18 bits per heavy atom. The lowest BCUT2D eigenvalue weighted by Crippen LogP contribution is -2.06. The first-order valence-corrected chi connectivity index (χ1v) is 7.74. The molecule has 0 aliphatic heterocycles. The van der Waals surface area contributed by atoms with Gasteiger partial charge in [-0.25, -0.2) is 0 Å². The highest BCUT2D eigenvalue weighted by atomic mass is 32.1. The third-order valence-electron chi connectivity index (χ3n) is 3.59. The standard InChI is InChI=1S/C15H14N6S/c1-21-14-11(8-18-21)13(16)19-15(20-14)17-7-9-2-3-12-10(6-9)4-5-22-12/h2-6,8H,7H2,1H3,(H3,16,17,19,20). The van der Waals surface area contributed by atoms with Gasteiger partial charge >= 0.3 is 0 Å². The maximum absolute atomic E-state index is 5.96. The predicted molar refractivity (Wildman–Crippen MR) is 89.9 cm³/mol. The first-order chi connectivity index (χ1) is 10.7.